The van der Waals surface area contributed by atoms with Crippen LogP contribution in [0.4, 0.5) is 5.69 Å². The number of hydrogen-bond acceptors (Lipinski definition) is 3. The van der Waals surface area contributed by atoms with Gasteiger partial charge < -0.3 is 5.32 Å². The Kier molecular flexibility index (Phi) is 4.81. The SMILES string of the molecule is CCc1nc(C)c(C(=O)Nc2ccc(I)cc2Cl)s1. The Morgan fingerprint density at radius 1 is 1.53 bits per heavy atom. The average molecular weight is 407 g/mol. The summed E-state index contributed by atoms with van der Waals surface area (Å²) in [5.74, 6) is -0.155. The molecule has 0 unspecified atom stereocenters. The Morgan fingerprint density at radius 2 is 2.26 bits per heavy atom. The quantitative estimate of drug-likeness (QED) is 0.761. The van der Waals surface area contributed by atoms with E-state index >= 15 is 0 Å². The second-order valence-electron chi connectivity index (χ2n) is 3.95. The second-order valence-corrected chi connectivity index (χ2v) is 6.69. The molecule has 2 aromatic rings. The third-order valence-corrected chi connectivity index (χ3v) is 4.81. The highest BCUT2D eigenvalue weighted by molar-refractivity contribution is 14.1. The standard InChI is InChI=1S/C13H12ClIN2OS/c1-3-11-16-7(2)12(19-11)13(18)17-10-5-4-8(15)6-9(10)14/h4-6H,3H2,1-2H3,(H,17,18). The minimum atomic E-state index is -0.155. The van der Waals surface area contributed by atoms with Crippen molar-refractivity contribution in [2.75, 3.05) is 5.32 Å². The fraction of sp³-hybridized carbons (Fsp3) is 0.231. The van der Waals surface area contributed by atoms with Crippen LogP contribution in [0.15, 0.2) is 18.2 Å². The fourth-order valence-corrected chi connectivity index (χ4v) is 3.39. The van der Waals surface area contributed by atoms with E-state index in [-0.39, 0.29) is 5.91 Å². The zero-order valence-corrected chi connectivity index (χ0v) is 14.2. The molecule has 6 heteroatoms. The summed E-state index contributed by atoms with van der Waals surface area (Å²) in [6, 6.07) is 5.52. The first kappa shape index (κ1) is 14.7. The Hall–Kier alpha value is -0.660. The largest absolute Gasteiger partial charge is 0.320 e. The smallest absolute Gasteiger partial charge is 0.267 e. The molecule has 0 saturated carbocycles. The van der Waals surface area contributed by atoms with Gasteiger partial charge in [-0.1, -0.05) is 18.5 Å². The number of carbonyl (C=O) groups excluding carboxylic acids is 1. The summed E-state index contributed by atoms with van der Waals surface area (Å²) < 4.78 is 1.03. The summed E-state index contributed by atoms with van der Waals surface area (Å²) in [6.45, 7) is 3.87. The van der Waals surface area contributed by atoms with Crippen molar-refractivity contribution < 1.29 is 4.79 Å². The van der Waals surface area contributed by atoms with Crippen molar-refractivity contribution in [3.63, 3.8) is 0 Å². The number of halogens is 2. The second kappa shape index (κ2) is 6.19. The van der Waals surface area contributed by atoms with Crippen LogP contribution in [0.3, 0.4) is 0 Å². The Morgan fingerprint density at radius 3 is 2.84 bits per heavy atom. The molecule has 0 aliphatic rings. The highest BCUT2D eigenvalue weighted by Gasteiger charge is 2.15. The van der Waals surface area contributed by atoms with Crippen LogP contribution in [0.5, 0.6) is 0 Å². The molecular weight excluding hydrogens is 395 g/mol. The van der Waals surface area contributed by atoms with Gasteiger partial charge in [-0.05, 0) is 54.1 Å². The lowest BCUT2D eigenvalue weighted by Gasteiger charge is -2.06. The molecule has 1 aromatic heterocycles. The van der Waals surface area contributed by atoms with Gasteiger partial charge in [-0.15, -0.1) is 11.3 Å². The first-order valence-electron chi connectivity index (χ1n) is 5.74. The number of hydrogen-bond donors (Lipinski definition) is 1. The third kappa shape index (κ3) is 3.46. The van der Waals surface area contributed by atoms with Crippen LogP contribution in [-0.2, 0) is 6.42 Å². The molecule has 0 radical (unpaired) electrons. The van der Waals surface area contributed by atoms with Gasteiger partial charge in [0.05, 0.1) is 21.4 Å². The van der Waals surface area contributed by atoms with Crippen LogP contribution in [0.25, 0.3) is 0 Å². The molecule has 0 atom stereocenters. The van der Waals surface area contributed by atoms with Gasteiger partial charge in [-0.25, -0.2) is 4.98 Å². The summed E-state index contributed by atoms with van der Waals surface area (Å²) in [5.41, 5.74) is 1.39. The highest BCUT2D eigenvalue weighted by atomic mass is 127. The highest BCUT2D eigenvalue weighted by Crippen LogP contribution is 2.26. The predicted molar refractivity (Wildman–Crippen MR) is 88.4 cm³/mol. The lowest BCUT2D eigenvalue weighted by atomic mass is 10.3. The van der Waals surface area contributed by atoms with Crippen molar-refractivity contribution >= 4 is 57.1 Å². The first-order chi connectivity index (χ1) is 9.01. The van der Waals surface area contributed by atoms with Crippen molar-refractivity contribution in [3.8, 4) is 0 Å². The van der Waals surface area contributed by atoms with Crippen LogP contribution in [0, 0.1) is 10.5 Å². The molecule has 0 saturated heterocycles. The van der Waals surface area contributed by atoms with Crippen molar-refractivity contribution in [2.24, 2.45) is 0 Å². The number of benzene rings is 1. The minimum Gasteiger partial charge on any atom is -0.320 e. The topological polar surface area (TPSA) is 42.0 Å². The Balaban J connectivity index is 2.23. The molecule has 3 nitrogen and oxygen atoms in total. The molecule has 0 bridgehead atoms. The lowest BCUT2D eigenvalue weighted by molar-refractivity contribution is 0.103. The van der Waals surface area contributed by atoms with E-state index in [1.54, 1.807) is 6.07 Å². The zero-order valence-electron chi connectivity index (χ0n) is 10.5. The summed E-state index contributed by atoms with van der Waals surface area (Å²) >= 11 is 9.71. The first-order valence-corrected chi connectivity index (χ1v) is 8.01. The molecular formula is C13H12ClIN2OS. The van der Waals surface area contributed by atoms with Crippen LogP contribution in [-0.4, -0.2) is 10.9 Å². The van der Waals surface area contributed by atoms with E-state index in [9.17, 15) is 4.79 Å². The normalized spacial score (nSPS) is 10.5. The van der Waals surface area contributed by atoms with Gasteiger partial charge in [0.15, 0.2) is 0 Å². The molecule has 0 fully saturated rings. The molecule has 0 aliphatic heterocycles. The number of aryl methyl sites for hydroxylation is 2. The van der Waals surface area contributed by atoms with Gasteiger partial charge in [-0.2, -0.15) is 0 Å². The molecule has 1 N–H and O–H groups in total. The summed E-state index contributed by atoms with van der Waals surface area (Å²) in [5, 5.41) is 4.34. The summed E-state index contributed by atoms with van der Waals surface area (Å²) in [6.07, 6.45) is 0.836. The number of amides is 1. The minimum absolute atomic E-state index is 0.155. The zero-order chi connectivity index (χ0) is 14.0. The van der Waals surface area contributed by atoms with Crippen LogP contribution < -0.4 is 5.32 Å². The van der Waals surface area contributed by atoms with Crippen molar-refractivity contribution in [2.45, 2.75) is 20.3 Å². The maximum Gasteiger partial charge on any atom is 0.267 e. The van der Waals surface area contributed by atoms with Gasteiger partial charge in [0.1, 0.15) is 4.88 Å². The Labute approximate surface area is 134 Å². The molecule has 100 valence electrons. The van der Waals surface area contributed by atoms with E-state index in [2.05, 4.69) is 32.9 Å². The molecule has 0 spiro atoms. The molecule has 19 heavy (non-hydrogen) atoms. The van der Waals surface area contributed by atoms with Crippen molar-refractivity contribution in [1.29, 1.82) is 0 Å². The molecule has 1 heterocycles. The summed E-state index contributed by atoms with van der Waals surface area (Å²) in [4.78, 5) is 17.2. The van der Waals surface area contributed by atoms with Crippen LogP contribution >= 0.6 is 45.5 Å². The summed E-state index contributed by atoms with van der Waals surface area (Å²) in [7, 11) is 0. The number of anilines is 1. The van der Waals surface area contributed by atoms with E-state index in [1.165, 1.54) is 11.3 Å². The molecule has 2 rings (SSSR count). The number of nitrogens with one attached hydrogen (secondary N) is 1. The third-order valence-electron chi connectivity index (χ3n) is 2.53. The lowest BCUT2D eigenvalue weighted by Crippen LogP contribution is -2.11. The van der Waals surface area contributed by atoms with E-state index in [4.69, 9.17) is 11.6 Å². The van der Waals surface area contributed by atoms with Gasteiger partial charge in [0.25, 0.3) is 5.91 Å². The van der Waals surface area contributed by atoms with Crippen LogP contribution in [0.2, 0.25) is 5.02 Å². The number of nitrogens with zero attached hydrogens (tertiary/aromatic N) is 1. The van der Waals surface area contributed by atoms with E-state index in [0.717, 1.165) is 20.7 Å². The van der Waals surface area contributed by atoms with Gasteiger partial charge in [-0.3, -0.25) is 4.79 Å². The molecule has 1 amide bonds. The molecule has 1 aromatic carbocycles. The number of rotatable bonds is 3. The van der Waals surface area contributed by atoms with E-state index in [0.29, 0.717) is 15.6 Å². The maximum atomic E-state index is 12.2. The van der Waals surface area contributed by atoms with Crippen molar-refractivity contribution in [3.05, 3.63) is 42.4 Å². The monoisotopic (exact) mass is 406 g/mol. The van der Waals surface area contributed by atoms with Crippen LogP contribution in [0.1, 0.15) is 27.3 Å². The fourth-order valence-electron chi connectivity index (χ4n) is 1.58. The van der Waals surface area contributed by atoms with Gasteiger partial charge in [0.2, 0.25) is 0 Å². The average Bonchev–Trinajstić information content (AvgIpc) is 2.74. The van der Waals surface area contributed by atoms with Crippen molar-refractivity contribution in [1.82, 2.24) is 4.98 Å². The van der Waals surface area contributed by atoms with E-state index < -0.39 is 0 Å². The Bertz CT molecular complexity index is 627. The van der Waals surface area contributed by atoms with Gasteiger partial charge in [0, 0.05) is 3.57 Å². The number of aromatic nitrogens is 1. The predicted octanol–water partition coefficient (Wildman–Crippen LogP) is 4.52. The number of carbonyl (C=O) groups is 1. The molecule has 0 aliphatic carbocycles. The van der Waals surface area contributed by atoms with E-state index in [1.807, 2.05) is 26.0 Å². The maximum absolute atomic E-state index is 12.2. The van der Waals surface area contributed by atoms with Gasteiger partial charge >= 0.3 is 0 Å². The number of thiazole rings is 1.